The van der Waals surface area contributed by atoms with Crippen molar-refractivity contribution in [1.82, 2.24) is 10.2 Å². The van der Waals surface area contributed by atoms with E-state index >= 15 is 0 Å². The first kappa shape index (κ1) is 11.9. The second-order valence-electron chi connectivity index (χ2n) is 5.72. The number of hydrogen-bond acceptors (Lipinski definition) is 1. The topological polar surface area (TPSA) is 28.7 Å². The largest absolute Gasteiger partial charge is 0.282 e. The lowest BCUT2D eigenvalue weighted by Gasteiger charge is -2.20. The Hall–Kier alpha value is -1.57. The molecule has 1 N–H and O–H groups in total. The van der Waals surface area contributed by atoms with Crippen molar-refractivity contribution in [1.29, 1.82) is 0 Å². The first-order chi connectivity index (χ1) is 7.88. The molecule has 0 aliphatic carbocycles. The van der Waals surface area contributed by atoms with Crippen LogP contribution in [0.3, 0.4) is 0 Å². The van der Waals surface area contributed by atoms with Crippen molar-refractivity contribution in [2.24, 2.45) is 0 Å². The molecule has 0 spiro atoms. The number of aromatic nitrogens is 2. The molecule has 0 unspecified atom stereocenters. The van der Waals surface area contributed by atoms with Crippen LogP contribution in [-0.2, 0) is 5.41 Å². The van der Waals surface area contributed by atoms with E-state index in [1.807, 2.05) is 6.92 Å². The fraction of sp³-hybridized carbons (Fsp3) is 0.400. The Morgan fingerprint density at radius 2 is 1.76 bits per heavy atom. The van der Waals surface area contributed by atoms with Crippen LogP contribution < -0.4 is 0 Å². The number of rotatable bonds is 1. The van der Waals surface area contributed by atoms with Crippen molar-refractivity contribution in [2.45, 2.75) is 40.0 Å². The molecule has 0 saturated heterocycles. The Kier molecular flexibility index (Phi) is 2.82. The van der Waals surface area contributed by atoms with E-state index in [0.717, 1.165) is 11.4 Å². The lowest BCUT2D eigenvalue weighted by atomic mass is 9.85. The molecule has 0 radical (unpaired) electrons. The van der Waals surface area contributed by atoms with Gasteiger partial charge in [0.15, 0.2) is 0 Å². The van der Waals surface area contributed by atoms with Crippen molar-refractivity contribution in [3.63, 3.8) is 0 Å². The quantitative estimate of drug-likeness (QED) is 0.785. The van der Waals surface area contributed by atoms with Gasteiger partial charge < -0.3 is 0 Å². The second-order valence-corrected chi connectivity index (χ2v) is 5.72. The number of aromatic amines is 1. The van der Waals surface area contributed by atoms with Gasteiger partial charge in [-0.25, -0.2) is 0 Å². The molecule has 17 heavy (non-hydrogen) atoms. The molecule has 2 heteroatoms. The predicted octanol–water partition coefficient (Wildman–Crippen LogP) is 3.99. The van der Waals surface area contributed by atoms with Crippen LogP contribution in [0.1, 0.15) is 37.6 Å². The lowest BCUT2D eigenvalue weighted by molar-refractivity contribution is 0.590. The third-order valence-electron chi connectivity index (χ3n) is 3.09. The Morgan fingerprint density at radius 3 is 2.29 bits per heavy atom. The number of nitrogens with zero attached hydrogens (tertiary/aromatic N) is 1. The van der Waals surface area contributed by atoms with Gasteiger partial charge in [-0.15, -0.1) is 0 Å². The first-order valence-electron chi connectivity index (χ1n) is 6.01. The van der Waals surface area contributed by atoms with Crippen LogP contribution in [0.5, 0.6) is 0 Å². The highest BCUT2D eigenvalue weighted by Gasteiger charge is 2.15. The average Bonchev–Trinajstić information content (AvgIpc) is 2.63. The Morgan fingerprint density at radius 1 is 1.06 bits per heavy atom. The summed E-state index contributed by atoms with van der Waals surface area (Å²) in [6.45, 7) is 10.9. The standard InChI is InChI=1S/C15H20N2/c1-10-6-7-12(15(3,4)5)9-13(10)14-8-11(2)16-17-14/h6-9H,1-5H3,(H,16,17). The van der Waals surface area contributed by atoms with Gasteiger partial charge in [0.25, 0.3) is 0 Å². The molecular formula is C15H20N2. The van der Waals surface area contributed by atoms with Gasteiger partial charge in [-0.05, 0) is 42.5 Å². The normalized spacial score (nSPS) is 11.8. The Labute approximate surface area is 103 Å². The molecule has 0 amide bonds. The van der Waals surface area contributed by atoms with Crippen molar-refractivity contribution in [3.05, 3.63) is 41.1 Å². The van der Waals surface area contributed by atoms with E-state index in [4.69, 9.17) is 0 Å². The van der Waals surface area contributed by atoms with Crippen LogP contribution in [-0.4, -0.2) is 10.2 Å². The summed E-state index contributed by atoms with van der Waals surface area (Å²) >= 11 is 0. The van der Waals surface area contributed by atoms with Crippen LogP contribution in [0.4, 0.5) is 0 Å². The number of benzene rings is 1. The van der Waals surface area contributed by atoms with Gasteiger partial charge in [0, 0.05) is 11.3 Å². The van der Waals surface area contributed by atoms with Crippen LogP contribution in [0.2, 0.25) is 0 Å². The molecule has 0 aliphatic heterocycles. The fourth-order valence-corrected chi connectivity index (χ4v) is 1.92. The average molecular weight is 228 g/mol. The van der Waals surface area contributed by atoms with E-state index in [2.05, 4.69) is 62.2 Å². The molecule has 1 aromatic carbocycles. The van der Waals surface area contributed by atoms with E-state index < -0.39 is 0 Å². The van der Waals surface area contributed by atoms with Gasteiger partial charge in [-0.3, -0.25) is 5.10 Å². The van der Waals surface area contributed by atoms with Gasteiger partial charge in [0.2, 0.25) is 0 Å². The molecule has 2 rings (SSSR count). The number of H-pyrrole nitrogens is 1. The third kappa shape index (κ3) is 2.41. The number of hydrogen-bond donors (Lipinski definition) is 1. The maximum absolute atomic E-state index is 4.35. The van der Waals surface area contributed by atoms with Crippen molar-refractivity contribution < 1.29 is 0 Å². The summed E-state index contributed by atoms with van der Waals surface area (Å²) in [6, 6.07) is 8.73. The third-order valence-corrected chi connectivity index (χ3v) is 3.09. The first-order valence-corrected chi connectivity index (χ1v) is 6.01. The molecule has 1 aromatic heterocycles. The lowest BCUT2D eigenvalue weighted by Crippen LogP contribution is -2.11. The highest BCUT2D eigenvalue weighted by atomic mass is 15.1. The molecule has 0 bridgehead atoms. The van der Waals surface area contributed by atoms with E-state index in [9.17, 15) is 0 Å². The summed E-state index contributed by atoms with van der Waals surface area (Å²) in [5, 5.41) is 7.35. The number of aryl methyl sites for hydroxylation is 2. The van der Waals surface area contributed by atoms with E-state index in [-0.39, 0.29) is 5.41 Å². The van der Waals surface area contributed by atoms with Crippen LogP contribution >= 0.6 is 0 Å². The van der Waals surface area contributed by atoms with Crippen LogP contribution in [0, 0.1) is 13.8 Å². The minimum atomic E-state index is 0.174. The van der Waals surface area contributed by atoms with Crippen molar-refractivity contribution in [3.8, 4) is 11.3 Å². The zero-order valence-corrected chi connectivity index (χ0v) is 11.3. The highest BCUT2D eigenvalue weighted by molar-refractivity contribution is 5.65. The minimum absolute atomic E-state index is 0.174. The van der Waals surface area contributed by atoms with Crippen molar-refractivity contribution >= 4 is 0 Å². The smallest absolute Gasteiger partial charge is 0.0926 e. The molecule has 90 valence electrons. The Balaban J connectivity index is 2.54. The van der Waals surface area contributed by atoms with Gasteiger partial charge in [0.1, 0.15) is 0 Å². The number of nitrogens with one attached hydrogen (secondary N) is 1. The minimum Gasteiger partial charge on any atom is -0.282 e. The molecule has 2 aromatic rings. The molecule has 0 saturated carbocycles. The molecule has 0 fully saturated rings. The monoisotopic (exact) mass is 228 g/mol. The SMILES string of the molecule is Cc1cc(-c2cc(C(C)(C)C)ccc2C)n[nH]1. The van der Waals surface area contributed by atoms with Crippen LogP contribution in [0.25, 0.3) is 11.3 Å². The molecular weight excluding hydrogens is 208 g/mol. The van der Waals surface area contributed by atoms with Gasteiger partial charge in [-0.2, -0.15) is 5.10 Å². The molecule has 0 atom stereocenters. The van der Waals surface area contributed by atoms with Crippen LogP contribution in [0.15, 0.2) is 24.3 Å². The van der Waals surface area contributed by atoms with E-state index in [1.54, 1.807) is 0 Å². The molecule has 0 aliphatic rings. The van der Waals surface area contributed by atoms with Crippen molar-refractivity contribution in [2.75, 3.05) is 0 Å². The second kappa shape index (κ2) is 4.02. The van der Waals surface area contributed by atoms with E-state index in [1.165, 1.54) is 16.7 Å². The summed E-state index contributed by atoms with van der Waals surface area (Å²) in [6.07, 6.45) is 0. The predicted molar refractivity (Wildman–Crippen MR) is 72.2 cm³/mol. The maximum Gasteiger partial charge on any atom is 0.0926 e. The van der Waals surface area contributed by atoms with E-state index in [0.29, 0.717) is 0 Å². The molecule has 2 nitrogen and oxygen atoms in total. The maximum atomic E-state index is 4.35. The summed E-state index contributed by atoms with van der Waals surface area (Å²) in [7, 11) is 0. The zero-order valence-electron chi connectivity index (χ0n) is 11.3. The summed E-state index contributed by atoms with van der Waals surface area (Å²) < 4.78 is 0. The fourth-order valence-electron chi connectivity index (χ4n) is 1.92. The highest BCUT2D eigenvalue weighted by Crippen LogP contribution is 2.29. The summed E-state index contributed by atoms with van der Waals surface area (Å²) in [5.74, 6) is 0. The summed E-state index contributed by atoms with van der Waals surface area (Å²) in [5.41, 5.74) is 6.14. The van der Waals surface area contributed by atoms with Gasteiger partial charge >= 0.3 is 0 Å². The van der Waals surface area contributed by atoms with Gasteiger partial charge in [-0.1, -0.05) is 32.9 Å². The van der Waals surface area contributed by atoms with Gasteiger partial charge in [0.05, 0.1) is 5.69 Å². The zero-order chi connectivity index (χ0) is 12.6. The molecule has 1 heterocycles. The summed E-state index contributed by atoms with van der Waals surface area (Å²) in [4.78, 5) is 0. The Bertz CT molecular complexity index is 530.